The first kappa shape index (κ1) is 19.4. The number of aryl methyl sites for hydroxylation is 1. The Bertz CT molecular complexity index is 802. The van der Waals surface area contributed by atoms with E-state index in [4.69, 9.17) is 21.3 Å². The predicted octanol–water partition coefficient (Wildman–Crippen LogP) is 2.74. The summed E-state index contributed by atoms with van der Waals surface area (Å²) in [5, 5.41) is 0.490. The van der Waals surface area contributed by atoms with Gasteiger partial charge in [0.25, 0.3) is 0 Å². The molecule has 2 aliphatic heterocycles. The van der Waals surface area contributed by atoms with Gasteiger partial charge in [-0.3, -0.25) is 4.90 Å². The fourth-order valence-corrected chi connectivity index (χ4v) is 3.87. The van der Waals surface area contributed by atoms with Crippen molar-refractivity contribution < 1.29 is 9.13 Å². The molecule has 8 heteroatoms. The Morgan fingerprint density at radius 3 is 2.50 bits per heavy atom. The lowest BCUT2D eigenvalue weighted by Gasteiger charge is -2.36. The van der Waals surface area contributed by atoms with Crippen molar-refractivity contribution in [2.24, 2.45) is 0 Å². The van der Waals surface area contributed by atoms with E-state index in [0.717, 1.165) is 56.7 Å². The Labute approximate surface area is 169 Å². The van der Waals surface area contributed by atoms with Gasteiger partial charge in [-0.25, -0.2) is 9.37 Å². The zero-order valence-corrected chi connectivity index (χ0v) is 16.8. The smallest absolute Gasteiger partial charge is 0.227 e. The van der Waals surface area contributed by atoms with Crippen LogP contribution in [0.1, 0.15) is 11.3 Å². The third-order valence-corrected chi connectivity index (χ3v) is 5.62. The monoisotopic (exact) mass is 405 g/mol. The molecule has 0 bridgehead atoms. The highest BCUT2D eigenvalue weighted by Gasteiger charge is 2.22. The van der Waals surface area contributed by atoms with Crippen LogP contribution in [0, 0.1) is 12.7 Å². The van der Waals surface area contributed by atoms with Crippen molar-refractivity contribution >= 4 is 23.4 Å². The van der Waals surface area contributed by atoms with Crippen molar-refractivity contribution in [2.45, 2.75) is 13.5 Å². The number of benzene rings is 1. The van der Waals surface area contributed by atoms with Crippen molar-refractivity contribution in [3.05, 3.63) is 46.4 Å². The van der Waals surface area contributed by atoms with Gasteiger partial charge in [-0.15, -0.1) is 0 Å². The van der Waals surface area contributed by atoms with Crippen LogP contribution in [0.2, 0.25) is 5.02 Å². The fraction of sp³-hybridized carbons (Fsp3) is 0.500. The van der Waals surface area contributed by atoms with E-state index in [-0.39, 0.29) is 5.82 Å². The van der Waals surface area contributed by atoms with Crippen LogP contribution in [0.25, 0.3) is 0 Å². The lowest BCUT2D eigenvalue weighted by molar-refractivity contribution is 0.122. The Hall–Kier alpha value is -1.96. The Morgan fingerprint density at radius 2 is 1.79 bits per heavy atom. The molecule has 0 saturated carbocycles. The molecule has 0 spiro atoms. The van der Waals surface area contributed by atoms with Gasteiger partial charge in [0.2, 0.25) is 5.95 Å². The normalized spacial score (nSPS) is 18.5. The van der Waals surface area contributed by atoms with Crippen molar-refractivity contribution in [1.29, 1.82) is 0 Å². The molecule has 0 unspecified atom stereocenters. The molecule has 4 rings (SSSR count). The standard InChI is InChI=1S/C20H25ClFN5O/c1-15-13-19(24-20(23-15)27-9-11-28-12-10-27)26-7-5-25(6-8-26)14-16-17(21)3-2-4-18(16)22/h2-4,13H,5-12,14H2,1H3. The van der Waals surface area contributed by atoms with E-state index in [9.17, 15) is 4.39 Å². The SMILES string of the molecule is Cc1cc(N2CCN(Cc3c(F)cccc3Cl)CC2)nc(N2CCOCC2)n1. The topological polar surface area (TPSA) is 44.7 Å². The number of rotatable bonds is 4. The molecule has 2 aromatic rings. The first-order valence-corrected chi connectivity index (χ1v) is 10.1. The van der Waals surface area contributed by atoms with Gasteiger partial charge in [-0.2, -0.15) is 4.98 Å². The molecule has 3 heterocycles. The van der Waals surface area contributed by atoms with Crippen LogP contribution >= 0.6 is 11.6 Å². The van der Waals surface area contributed by atoms with Crippen LogP contribution in [0.15, 0.2) is 24.3 Å². The highest BCUT2D eigenvalue weighted by Crippen LogP contribution is 2.23. The molecule has 0 aliphatic carbocycles. The van der Waals surface area contributed by atoms with Gasteiger partial charge in [0, 0.05) is 68.2 Å². The second kappa shape index (κ2) is 8.59. The number of halogens is 2. The first-order valence-electron chi connectivity index (χ1n) is 9.69. The minimum absolute atomic E-state index is 0.239. The third-order valence-electron chi connectivity index (χ3n) is 5.26. The van der Waals surface area contributed by atoms with Crippen LogP contribution in [-0.2, 0) is 11.3 Å². The van der Waals surface area contributed by atoms with E-state index in [2.05, 4.69) is 19.7 Å². The molecular weight excluding hydrogens is 381 g/mol. The molecule has 2 saturated heterocycles. The lowest BCUT2D eigenvalue weighted by atomic mass is 10.2. The van der Waals surface area contributed by atoms with Crippen LogP contribution in [0.3, 0.4) is 0 Å². The summed E-state index contributed by atoms with van der Waals surface area (Å²) < 4.78 is 19.5. The van der Waals surface area contributed by atoms with E-state index < -0.39 is 0 Å². The van der Waals surface area contributed by atoms with Crippen LogP contribution in [-0.4, -0.2) is 67.4 Å². The summed E-state index contributed by atoms with van der Waals surface area (Å²) in [5.41, 5.74) is 1.54. The molecule has 1 aromatic heterocycles. The van der Waals surface area contributed by atoms with Crippen molar-refractivity contribution in [1.82, 2.24) is 14.9 Å². The van der Waals surface area contributed by atoms with E-state index in [1.165, 1.54) is 6.07 Å². The molecular formula is C20H25ClFN5O. The first-order chi connectivity index (χ1) is 13.6. The van der Waals surface area contributed by atoms with Crippen LogP contribution < -0.4 is 9.80 Å². The number of aromatic nitrogens is 2. The highest BCUT2D eigenvalue weighted by molar-refractivity contribution is 6.31. The molecule has 6 nitrogen and oxygen atoms in total. The van der Waals surface area contributed by atoms with Crippen LogP contribution in [0.4, 0.5) is 16.2 Å². The Morgan fingerprint density at radius 1 is 1.04 bits per heavy atom. The molecule has 0 radical (unpaired) electrons. The van der Waals surface area contributed by atoms with E-state index in [1.807, 2.05) is 13.0 Å². The van der Waals surface area contributed by atoms with E-state index in [0.29, 0.717) is 30.3 Å². The summed E-state index contributed by atoms with van der Waals surface area (Å²) in [5.74, 6) is 1.49. The van der Waals surface area contributed by atoms with E-state index >= 15 is 0 Å². The lowest BCUT2D eigenvalue weighted by Crippen LogP contribution is -2.46. The maximum Gasteiger partial charge on any atom is 0.227 e. The van der Waals surface area contributed by atoms with Crippen molar-refractivity contribution in [3.8, 4) is 0 Å². The summed E-state index contributed by atoms with van der Waals surface area (Å²) in [6.45, 7) is 8.94. The zero-order chi connectivity index (χ0) is 19.5. The Balaban J connectivity index is 1.41. The minimum atomic E-state index is -0.239. The van der Waals surface area contributed by atoms with E-state index in [1.54, 1.807) is 12.1 Å². The maximum atomic E-state index is 14.1. The number of morpholine rings is 1. The number of anilines is 2. The van der Waals surface area contributed by atoms with Gasteiger partial charge in [-0.1, -0.05) is 17.7 Å². The molecule has 2 fully saturated rings. The van der Waals surface area contributed by atoms with Gasteiger partial charge in [0.1, 0.15) is 11.6 Å². The summed E-state index contributed by atoms with van der Waals surface area (Å²) in [6, 6.07) is 6.89. The predicted molar refractivity (Wildman–Crippen MR) is 109 cm³/mol. The molecule has 0 atom stereocenters. The average molecular weight is 406 g/mol. The number of hydrogen-bond donors (Lipinski definition) is 0. The highest BCUT2D eigenvalue weighted by atomic mass is 35.5. The molecule has 2 aliphatic rings. The van der Waals surface area contributed by atoms with Gasteiger partial charge in [-0.05, 0) is 19.1 Å². The molecule has 0 amide bonds. The number of piperazine rings is 1. The summed E-state index contributed by atoms with van der Waals surface area (Å²) in [4.78, 5) is 16.1. The van der Waals surface area contributed by atoms with Gasteiger partial charge in [0.15, 0.2) is 0 Å². The quantitative estimate of drug-likeness (QED) is 0.779. The largest absolute Gasteiger partial charge is 0.378 e. The van der Waals surface area contributed by atoms with Crippen molar-refractivity contribution in [2.75, 3.05) is 62.3 Å². The van der Waals surface area contributed by atoms with Gasteiger partial charge < -0.3 is 14.5 Å². The second-order valence-electron chi connectivity index (χ2n) is 7.23. The summed E-state index contributed by atoms with van der Waals surface area (Å²) in [6.07, 6.45) is 0. The molecule has 1 aromatic carbocycles. The summed E-state index contributed by atoms with van der Waals surface area (Å²) in [7, 11) is 0. The van der Waals surface area contributed by atoms with Gasteiger partial charge >= 0.3 is 0 Å². The van der Waals surface area contributed by atoms with Crippen LogP contribution in [0.5, 0.6) is 0 Å². The minimum Gasteiger partial charge on any atom is -0.378 e. The van der Waals surface area contributed by atoms with Crippen molar-refractivity contribution in [3.63, 3.8) is 0 Å². The Kier molecular flexibility index (Phi) is 5.94. The zero-order valence-electron chi connectivity index (χ0n) is 16.1. The average Bonchev–Trinajstić information content (AvgIpc) is 2.71. The number of hydrogen-bond acceptors (Lipinski definition) is 6. The molecule has 28 heavy (non-hydrogen) atoms. The summed E-state index contributed by atoms with van der Waals surface area (Å²) >= 11 is 6.17. The van der Waals surface area contributed by atoms with Gasteiger partial charge in [0.05, 0.1) is 13.2 Å². The molecule has 0 N–H and O–H groups in total. The second-order valence-corrected chi connectivity index (χ2v) is 7.64. The third kappa shape index (κ3) is 4.37. The number of ether oxygens (including phenoxy) is 1. The fourth-order valence-electron chi connectivity index (χ4n) is 3.65. The molecule has 150 valence electrons. The number of nitrogens with zero attached hydrogens (tertiary/aromatic N) is 5. The maximum absolute atomic E-state index is 14.1.